The van der Waals surface area contributed by atoms with Crippen LogP contribution in [0.25, 0.3) is 0 Å². The lowest BCUT2D eigenvalue weighted by atomic mass is 10.0. The molecule has 1 rings (SSSR count). The molecule has 15 heavy (non-hydrogen) atoms. The molecule has 0 aromatic heterocycles. The van der Waals surface area contributed by atoms with Crippen LogP contribution in [0.3, 0.4) is 0 Å². The molecule has 3 heteroatoms. The van der Waals surface area contributed by atoms with Crippen LogP contribution in [0, 0.1) is 5.82 Å². The van der Waals surface area contributed by atoms with Crippen molar-refractivity contribution in [1.82, 2.24) is 0 Å². The summed E-state index contributed by atoms with van der Waals surface area (Å²) >= 11 is 0. The predicted molar refractivity (Wildman–Crippen MR) is 60.2 cm³/mol. The number of rotatable bonds is 4. The summed E-state index contributed by atoms with van der Waals surface area (Å²) in [5.41, 5.74) is 0.980. The molecule has 0 saturated heterocycles. The van der Waals surface area contributed by atoms with Crippen molar-refractivity contribution in [3.63, 3.8) is 0 Å². The summed E-state index contributed by atoms with van der Waals surface area (Å²) in [6.45, 7) is 3.93. The summed E-state index contributed by atoms with van der Waals surface area (Å²) in [4.78, 5) is 4.31. The Morgan fingerprint density at radius 1 is 1.53 bits per heavy atom. The summed E-state index contributed by atoms with van der Waals surface area (Å²) in [6.07, 6.45) is 2.66. The zero-order valence-corrected chi connectivity index (χ0v) is 9.33. The zero-order chi connectivity index (χ0) is 11.3. The number of methoxy groups -OCH3 is 1. The lowest BCUT2D eigenvalue weighted by molar-refractivity contribution is 0.385. The maximum absolute atomic E-state index is 13.2. The Bertz CT molecular complexity index is 349. The van der Waals surface area contributed by atoms with Crippen molar-refractivity contribution < 1.29 is 9.13 Å². The third-order valence-electron chi connectivity index (χ3n) is 2.28. The molecule has 0 spiro atoms. The van der Waals surface area contributed by atoms with Crippen LogP contribution in [0.2, 0.25) is 0 Å². The summed E-state index contributed by atoms with van der Waals surface area (Å²) in [5, 5.41) is 0. The second kappa shape index (κ2) is 5.49. The second-order valence-electron chi connectivity index (χ2n) is 3.23. The quantitative estimate of drug-likeness (QED) is 0.696. The van der Waals surface area contributed by atoms with Gasteiger partial charge in [-0.3, -0.25) is 4.99 Å². The van der Waals surface area contributed by atoms with Crippen molar-refractivity contribution in [3.05, 3.63) is 29.6 Å². The van der Waals surface area contributed by atoms with Crippen LogP contribution in [0.4, 0.5) is 4.39 Å². The molecule has 0 heterocycles. The number of nitrogens with zero attached hydrogens (tertiary/aromatic N) is 1. The Hall–Kier alpha value is -1.38. The average molecular weight is 209 g/mol. The van der Waals surface area contributed by atoms with E-state index < -0.39 is 0 Å². The number of benzene rings is 1. The minimum Gasteiger partial charge on any atom is -0.494 e. The molecule has 0 saturated carbocycles. The fraction of sp³-hybridized carbons (Fsp3) is 0.417. The Morgan fingerprint density at radius 2 is 2.27 bits per heavy atom. The molecule has 0 N–H and O–H groups in total. The van der Waals surface area contributed by atoms with Gasteiger partial charge in [-0.2, -0.15) is 0 Å². The molecular weight excluding hydrogens is 193 g/mol. The number of hydrogen-bond acceptors (Lipinski definition) is 2. The van der Waals surface area contributed by atoms with E-state index in [0.29, 0.717) is 0 Å². The molecule has 1 aromatic carbocycles. The molecule has 0 amide bonds. The molecule has 1 unspecified atom stereocenters. The van der Waals surface area contributed by atoms with Gasteiger partial charge in [0.1, 0.15) is 0 Å². The highest BCUT2D eigenvalue weighted by molar-refractivity contribution is 5.54. The van der Waals surface area contributed by atoms with Gasteiger partial charge in [-0.05, 0) is 37.3 Å². The number of ether oxygens (including phenoxy) is 1. The molecule has 2 nitrogen and oxygen atoms in total. The van der Waals surface area contributed by atoms with Gasteiger partial charge in [-0.25, -0.2) is 4.39 Å². The standard InChI is InChI=1S/C12H16FNO/c1-4-11(14-5-2)9-6-7-10(13)12(8-9)15-3/h5-8,11H,4H2,1-3H3. The summed E-state index contributed by atoms with van der Waals surface area (Å²) in [5.74, 6) is -0.0613. The fourth-order valence-corrected chi connectivity index (χ4v) is 1.49. The first-order valence-electron chi connectivity index (χ1n) is 5.04. The van der Waals surface area contributed by atoms with Gasteiger partial charge in [0.25, 0.3) is 0 Å². The van der Waals surface area contributed by atoms with Crippen LogP contribution in [-0.2, 0) is 0 Å². The number of hydrogen-bond donors (Lipinski definition) is 0. The van der Waals surface area contributed by atoms with Crippen LogP contribution in [0.5, 0.6) is 5.75 Å². The lowest BCUT2D eigenvalue weighted by Crippen LogP contribution is -1.96. The van der Waals surface area contributed by atoms with Crippen LogP contribution >= 0.6 is 0 Å². The largest absolute Gasteiger partial charge is 0.494 e. The van der Waals surface area contributed by atoms with Crippen molar-refractivity contribution in [3.8, 4) is 5.75 Å². The van der Waals surface area contributed by atoms with Crippen molar-refractivity contribution >= 4 is 6.21 Å². The molecule has 0 fully saturated rings. The van der Waals surface area contributed by atoms with Gasteiger partial charge in [0.15, 0.2) is 11.6 Å². The average Bonchev–Trinajstić information content (AvgIpc) is 2.27. The monoisotopic (exact) mass is 209 g/mol. The molecule has 0 aliphatic rings. The minimum absolute atomic E-state index is 0.0875. The van der Waals surface area contributed by atoms with E-state index >= 15 is 0 Å². The molecule has 0 bridgehead atoms. The normalized spacial score (nSPS) is 13.1. The SMILES string of the molecule is CC=NC(CC)c1ccc(F)c(OC)c1. The van der Waals surface area contributed by atoms with Gasteiger partial charge < -0.3 is 4.74 Å². The molecular formula is C12H16FNO. The lowest BCUT2D eigenvalue weighted by Gasteiger charge is -2.11. The van der Waals surface area contributed by atoms with E-state index in [9.17, 15) is 4.39 Å². The van der Waals surface area contributed by atoms with E-state index in [1.807, 2.05) is 13.8 Å². The van der Waals surface area contributed by atoms with Crippen molar-refractivity contribution in [1.29, 1.82) is 0 Å². The number of aliphatic imine (C=N–C) groups is 1. The third kappa shape index (κ3) is 2.78. The van der Waals surface area contributed by atoms with Gasteiger partial charge in [-0.15, -0.1) is 0 Å². The Kier molecular flexibility index (Phi) is 4.28. The third-order valence-corrected chi connectivity index (χ3v) is 2.28. The first-order valence-corrected chi connectivity index (χ1v) is 5.04. The summed E-state index contributed by atoms with van der Waals surface area (Å²) in [6, 6.07) is 4.96. The van der Waals surface area contributed by atoms with Crippen molar-refractivity contribution in [2.75, 3.05) is 7.11 Å². The van der Waals surface area contributed by atoms with Gasteiger partial charge in [0.05, 0.1) is 13.2 Å². The summed E-state index contributed by atoms with van der Waals surface area (Å²) < 4.78 is 18.1. The maximum atomic E-state index is 13.2. The Labute approximate surface area is 89.8 Å². The Balaban J connectivity index is 3.03. The van der Waals surface area contributed by atoms with Crippen LogP contribution in [0.15, 0.2) is 23.2 Å². The molecule has 0 aliphatic heterocycles. The predicted octanol–water partition coefficient (Wildman–Crippen LogP) is 3.38. The van der Waals surface area contributed by atoms with Gasteiger partial charge in [0.2, 0.25) is 0 Å². The second-order valence-corrected chi connectivity index (χ2v) is 3.23. The first kappa shape index (κ1) is 11.7. The van der Waals surface area contributed by atoms with Gasteiger partial charge in [-0.1, -0.05) is 13.0 Å². The van der Waals surface area contributed by atoms with E-state index in [4.69, 9.17) is 4.74 Å². The zero-order valence-electron chi connectivity index (χ0n) is 9.33. The fourth-order valence-electron chi connectivity index (χ4n) is 1.49. The molecule has 0 radical (unpaired) electrons. The van der Waals surface area contributed by atoms with E-state index in [2.05, 4.69) is 4.99 Å². The first-order chi connectivity index (χ1) is 7.22. The molecule has 0 aliphatic carbocycles. The van der Waals surface area contributed by atoms with E-state index in [0.717, 1.165) is 12.0 Å². The van der Waals surface area contributed by atoms with E-state index in [1.54, 1.807) is 18.3 Å². The van der Waals surface area contributed by atoms with Gasteiger partial charge >= 0.3 is 0 Å². The van der Waals surface area contributed by atoms with Crippen LogP contribution in [0.1, 0.15) is 31.9 Å². The van der Waals surface area contributed by atoms with E-state index in [1.165, 1.54) is 13.2 Å². The smallest absolute Gasteiger partial charge is 0.165 e. The van der Waals surface area contributed by atoms with Crippen LogP contribution in [-0.4, -0.2) is 13.3 Å². The highest BCUT2D eigenvalue weighted by Gasteiger charge is 2.10. The van der Waals surface area contributed by atoms with Crippen LogP contribution < -0.4 is 4.74 Å². The van der Waals surface area contributed by atoms with Crippen molar-refractivity contribution in [2.45, 2.75) is 26.3 Å². The Morgan fingerprint density at radius 3 is 2.80 bits per heavy atom. The van der Waals surface area contributed by atoms with Gasteiger partial charge in [0, 0.05) is 0 Å². The molecule has 82 valence electrons. The highest BCUT2D eigenvalue weighted by atomic mass is 19.1. The maximum Gasteiger partial charge on any atom is 0.165 e. The molecule has 1 atom stereocenters. The number of halogens is 1. The summed E-state index contributed by atoms with van der Waals surface area (Å²) in [7, 11) is 1.46. The van der Waals surface area contributed by atoms with E-state index in [-0.39, 0.29) is 17.6 Å². The minimum atomic E-state index is -0.336. The topological polar surface area (TPSA) is 21.6 Å². The molecule has 1 aromatic rings. The highest BCUT2D eigenvalue weighted by Crippen LogP contribution is 2.26. The van der Waals surface area contributed by atoms with Crippen molar-refractivity contribution in [2.24, 2.45) is 4.99 Å².